The number of aliphatic hydroxyl groups excluding tert-OH is 1. The molecule has 122 valence electrons. The summed E-state index contributed by atoms with van der Waals surface area (Å²) in [7, 11) is -2.14. The number of carbonyl (C=O) groups excluding carboxylic acids is 1. The molecule has 2 aliphatic heterocycles. The van der Waals surface area contributed by atoms with Crippen LogP contribution >= 0.6 is 0 Å². The third kappa shape index (κ3) is 2.07. The quantitative estimate of drug-likeness (QED) is 0.821. The molecule has 1 aromatic carbocycles. The van der Waals surface area contributed by atoms with Crippen LogP contribution in [0, 0.1) is 6.92 Å². The van der Waals surface area contributed by atoms with E-state index in [0.29, 0.717) is 5.69 Å². The van der Waals surface area contributed by atoms with Gasteiger partial charge in [-0.05, 0) is 38.5 Å². The molecule has 2 N–H and O–H groups in total. The Kier molecular flexibility index (Phi) is 3.30. The second-order valence-electron chi connectivity index (χ2n) is 5.91. The largest absolute Gasteiger partial charge is 0.509 e. The van der Waals surface area contributed by atoms with Gasteiger partial charge in [0.15, 0.2) is 0 Å². The van der Waals surface area contributed by atoms with E-state index in [9.17, 15) is 18.3 Å². The molecule has 0 saturated heterocycles. The van der Waals surface area contributed by atoms with Crippen LogP contribution in [0.15, 0.2) is 45.0 Å². The van der Waals surface area contributed by atoms with E-state index in [2.05, 4.69) is 5.32 Å². The Morgan fingerprint density at radius 3 is 2.48 bits per heavy atom. The summed E-state index contributed by atoms with van der Waals surface area (Å²) in [4.78, 5) is 14.0. The van der Waals surface area contributed by atoms with E-state index in [4.69, 9.17) is 0 Å². The fourth-order valence-electron chi connectivity index (χ4n) is 2.80. The first kappa shape index (κ1) is 15.6. The highest BCUT2D eigenvalue weighted by Gasteiger charge is 2.40. The molecular weight excluding hydrogens is 316 g/mol. The average Bonchev–Trinajstić information content (AvgIpc) is 2.68. The first-order chi connectivity index (χ1) is 10.7. The minimum atomic E-state index is -3.71. The van der Waals surface area contributed by atoms with E-state index in [-0.39, 0.29) is 26.8 Å². The second kappa shape index (κ2) is 4.86. The topological polar surface area (TPSA) is 86.7 Å². The van der Waals surface area contributed by atoms with Crippen LogP contribution in [-0.2, 0) is 14.6 Å². The number of benzene rings is 1. The summed E-state index contributed by atoms with van der Waals surface area (Å²) in [5, 5.41) is 13.3. The molecule has 0 aromatic heterocycles. The molecule has 0 bridgehead atoms. The van der Waals surface area contributed by atoms with Crippen LogP contribution in [-0.4, -0.2) is 37.4 Å². The van der Waals surface area contributed by atoms with Crippen LogP contribution in [0.5, 0.6) is 0 Å². The molecule has 2 aliphatic rings. The molecule has 6 nitrogen and oxygen atoms in total. The van der Waals surface area contributed by atoms with Crippen molar-refractivity contribution in [2.45, 2.75) is 31.7 Å². The number of allylic oxidation sites excluding steroid dienone is 1. The molecule has 0 radical (unpaired) electrons. The zero-order valence-electron chi connectivity index (χ0n) is 13.3. The Labute approximate surface area is 135 Å². The summed E-state index contributed by atoms with van der Waals surface area (Å²) in [6.07, 6.45) is 0. The maximum atomic E-state index is 12.8. The Bertz CT molecular complexity index is 897. The molecule has 23 heavy (non-hydrogen) atoms. The normalized spacial score (nSPS) is 23.2. The highest BCUT2D eigenvalue weighted by Crippen LogP contribution is 2.39. The second-order valence-corrected chi connectivity index (χ2v) is 7.97. The van der Waals surface area contributed by atoms with Crippen LogP contribution in [0.3, 0.4) is 0 Å². The Morgan fingerprint density at radius 2 is 1.91 bits per heavy atom. The zero-order valence-corrected chi connectivity index (χ0v) is 14.2. The lowest BCUT2D eigenvalue weighted by molar-refractivity contribution is -0.125. The number of nitrogens with zero attached hydrogens (tertiary/aromatic N) is 1. The van der Waals surface area contributed by atoms with Gasteiger partial charge < -0.3 is 15.3 Å². The molecular formula is C16H18N2O4S. The Morgan fingerprint density at radius 1 is 1.26 bits per heavy atom. The fourth-order valence-corrected chi connectivity index (χ4v) is 4.31. The zero-order chi connectivity index (χ0) is 17.1. The lowest BCUT2D eigenvalue weighted by Crippen LogP contribution is -2.30. The number of aryl methyl sites for hydroxylation is 1. The summed E-state index contributed by atoms with van der Waals surface area (Å²) in [6, 6.07) is 4.57. The van der Waals surface area contributed by atoms with Crippen molar-refractivity contribution in [3.05, 3.63) is 45.7 Å². The number of fused-ring (bicyclic) bond motifs is 1. The summed E-state index contributed by atoms with van der Waals surface area (Å²) in [6.45, 7) is 4.94. The van der Waals surface area contributed by atoms with Gasteiger partial charge in [0, 0.05) is 7.05 Å². The molecule has 0 aliphatic carbocycles. The molecule has 3 rings (SSSR count). The maximum Gasteiger partial charge on any atom is 0.259 e. The van der Waals surface area contributed by atoms with Crippen molar-refractivity contribution < 1.29 is 18.3 Å². The number of aliphatic hydroxyl groups is 1. The van der Waals surface area contributed by atoms with Gasteiger partial charge in [0.2, 0.25) is 9.84 Å². The first-order valence-corrected chi connectivity index (χ1v) is 8.69. The predicted molar refractivity (Wildman–Crippen MR) is 86.6 cm³/mol. The number of hydrogen-bond acceptors (Lipinski definition) is 5. The van der Waals surface area contributed by atoms with Crippen molar-refractivity contribution in [3.8, 4) is 0 Å². The first-order valence-electron chi connectivity index (χ1n) is 7.20. The van der Waals surface area contributed by atoms with E-state index < -0.39 is 21.8 Å². The molecule has 1 aromatic rings. The molecule has 0 saturated carbocycles. The molecule has 1 atom stereocenters. The van der Waals surface area contributed by atoms with Crippen molar-refractivity contribution in [1.29, 1.82) is 0 Å². The number of anilines is 1. The van der Waals surface area contributed by atoms with Gasteiger partial charge >= 0.3 is 0 Å². The number of rotatable bonds is 1. The van der Waals surface area contributed by atoms with Crippen molar-refractivity contribution in [1.82, 2.24) is 4.90 Å². The summed E-state index contributed by atoms with van der Waals surface area (Å²) in [5.41, 5.74) is 1.41. The third-order valence-corrected chi connectivity index (χ3v) is 6.39. The highest BCUT2D eigenvalue weighted by molar-refractivity contribution is 7.95. The minimum Gasteiger partial charge on any atom is -0.509 e. The Balaban J connectivity index is 2.24. The maximum absolute atomic E-state index is 12.8. The SMILES string of the molecule is CC1=C(C2=C(O)C(C)N(C)C2=O)Nc2ccc(C)cc2S1(=O)=O. The monoisotopic (exact) mass is 334 g/mol. The number of sulfone groups is 1. The van der Waals surface area contributed by atoms with Gasteiger partial charge in [-0.15, -0.1) is 0 Å². The van der Waals surface area contributed by atoms with E-state index >= 15 is 0 Å². The van der Waals surface area contributed by atoms with Crippen LogP contribution < -0.4 is 5.32 Å². The van der Waals surface area contributed by atoms with Crippen molar-refractivity contribution in [2.24, 2.45) is 0 Å². The smallest absolute Gasteiger partial charge is 0.259 e. The van der Waals surface area contributed by atoms with E-state index in [1.54, 1.807) is 32.2 Å². The van der Waals surface area contributed by atoms with Gasteiger partial charge in [-0.3, -0.25) is 4.79 Å². The summed E-state index contributed by atoms with van der Waals surface area (Å²) < 4.78 is 25.5. The molecule has 0 spiro atoms. The number of hydrogen-bond donors (Lipinski definition) is 2. The van der Waals surface area contributed by atoms with Crippen molar-refractivity contribution >= 4 is 21.4 Å². The van der Waals surface area contributed by atoms with Crippen LogP contribution in [0.4, 0.5) is 5.69 Å². The van der Waals surface area contributed by atoms with E-state index in [1.807, 2.05) is 6.92 Å². The number of amides is 1. The third-order valence-electron chi connectivity index (χ3n) is 4.46. The van der Waals surface area contributed by atoms with Crippen LogP contribution in [0.2, 0.25) is 0 Å². The van der Waals surface area contributed by atoms with Crippen LogP contribution in [0.25, 0.3) is 0 Å². The number of carbonyl (C=O) groups is 1. The Hall–Kier alpha value is -2.28. The fraction of sp³-hybridized carbons (Fsp3) is 0.312. The molecule has 2 heterocycles. The van der Waals surface area contributed by atoms with E-state index in [1.165, 1.54) is 11.8 Å². The van der Waals surface area contributed by atoms with Gasteiger partial charge in [-0.2, -0.15) is 0 Å². The molecule has 1 unspecified atom stereocenters. The minimum absolute atomic E-state index is 0.0206. The molecule has 0 fully saturated rings. The average molecular weight is 334 g/mol. The lowest BCUT2D eigenvalue weighted by atomic mass is 10.1. The van der Waals surface area contributed by atoms with Gasteiger partial charge in [0.25, 0.3) is 5.91 Å². The van der Waals surface area contributed by atoms with Crippen LogP contribution in [0.1, 0.15) is 19.4 Å². The molecule has 1 amide bonds. The van der Waals surface area contributed by atoms with E-state index in [0.717, 1.165) is 5.56 Å². The number of nitrogens with one attached hydrogen (secondary N) is 1. The standard InChI is InChI=1S/C16H18N2O4S/c1-8-5-6-11-12(7-8)23(21,22)10(3)14(17-11)13-15(19)9(2)18(4)16(13)20/h5-7,9,17,19H,1-4H3. The summed E-state index contributed by atoms with van der Waals surface area (Å²) in [5.74, 6) is -0.521. The lowest BCUT2D eigenvalue weighted by Gasteiger charge is -2.24. The number of likely N-dealkylation sites (N-methyl/N-ethyl adjacent to an activating group) is 1. The van der Waals surface area contributed by atoms with Gasteiger partial charge in [0.05, 0.1) is 27.2 Å². The van der Waals surface area contributed by atoms with Gasteiger partial charge in [0.1, 0.15) is 11.3 Å². The van der Waals surface area contributed by atoms with Crippen molar-refractivity contribution in [2.75, 3.05) is 12.4 Å². The highest BCUT2D eigenvalue weighted by atomic mass is 32.2. The van der Waals surface area contributed by atoms with Gasteiger partial charge in [-0.1, -0.05) is 6.07 Å². The molecule has 7 heteroatoms. The summed E-state index contributed by atoms with van der Waals surface area (Å²) >= 11 is 0. The van der Waals surface area contributed by atoms with Crippen molar-refractivity contribution in [3.63, 3.8) is 0 Å². The predicted octanol–water partition coefficient (Wildman–Crippen LogP) is 2.10. The van der Waals surface area contributed by atoms with Gasteiger partial charge in [-0.25, -0.2) is 8.42 Å².